The van der Waals surface area contributed by atoms with Crippen molar-refractivity contribution in [3.05, 3.63) is 54.1 Å². The molecule has 0 bridgehead atoms. The Morgan fingerprint density at radius 3 is 2.41 bits per heavy atom. The van der Waals surface area contributed by atoms with Crippen LogP contribution >= 0.6 is 24.0 Å². The predicted molar refractivity (Wildman–Crippen MR) is 123 cm³/mol. The summed E-state index contributed by atoms with van der Waals surface area (Å²) in [5, 5.41) is 10.0. The number of halogens is 1. The van der Waals surface area contributed by atoms with Crippen LogP contribution in [0.5, 0.6) is 11.5 Å². The third-order valence-corrected chi connectivity index (χ3v) is 3.91. The second kappa shape index (κ2) is 13.1. The molecule has 0 aliphatic carbocycles. The first-order valence-corrected chi connectivity index (χ1v) is 8.71. The molecule has 0 atom stereocenters. The number of para-hydroxylation sites is 1. The van der Waals surface area contributed by atoms with Gasteiger partial charge in [-0.15, -0.1) is 24.0 Å². The lowest BCUT2D eigenvalue weighted by molar-refractivity contribution is 0.390. The zero-order valence-electron chi connectivity index (χ0n) is 16.1. The van der Waals surface area contributed by atoms with E-state index in [1.807, 2.05) is 36.4 Å². The molecule has 3 N–H and O–H groups in total. The number of benzene rings is 2. The normalized spacial score (nSPS) is 10.6. The fourth-order valence-electron chi connectivity index (χ4n) is 2.48. The summed E-state index contributed by atoms with van der Waals surface area (Å²) in [6.45, 7) is 2.36. The Morgan fingerprint density at radius 1 is 0.963 bits per heavy atom. The second-order valence-corrected chi connectivity index (χ2v) is 5.68. The molecule has 0 aromatic heterocycles. The Balaban J connectivity index is 0.00000364. The highest BCUT2D eigenvalue weighted by Gasteiger charge is 2.06. The minimum atomic E-state index is 0. The van der Waals surface area contributed by atoms with Gasteiger partial charge in [0.15, 0.2) is 5.96 Å². The van der Waals surface area contributed by atoms with Crippen LogP contribution in [0, 0.1) is 0 Å². The Morgan fingerprint density at radius 2 is 1.74 bits per heavy atom. The van der Waals surface area contributed by atoms with E-state index in [0.29, 0.717) is 6.54 Å². The molecule has 0 saturated carbocycles. The predicted octanol–water partition coefficient (Wildman–Crippen LogP) is 3.49. The molecule has 6 nitrogen and oxygen atoms in total. The Kier molecular flexibility index (Phi) is 11.1. The minimum Gasteiger partial charge on any atom is -0.497 e. The van der Waals surface area contributed by atoms with E-state index in [2.05, 4.69) is 33.1 Å². The quantitative estimate of drug-likeness (QED) is 0.220. The van der Waals surface area contributed by atoms with Gasteiger partial charge < -0.3 is 25.4 Å². The van der Waals surface area contributed by atoms with Crippen LogP contribution in [-0.2, 0) is 6.54 Å². The molecule has 2 aromatic rings. The summed E-state index contributed by atoms with van der Waals surface area (Å²) < 4.78 is 10.6. The molecule has 0 radical (unpaired) electrons. The fraction of sp³-hybridized carbons (Fsp3) is 0.350. The molecule has 148 valence electrons. The van der Waals surface area contributed by atoms with E-state index in [-0.39, 0.29) is 24.0 Å². The summed E-state index contributed by atoms with van der Waals surface area (Å²) >= 11 is 0. The van der Waals surface area contributed by atoms with Gasteiger partial charge in [-0.2, -0.15) is 0 Å². The molecule has 7 heteroatoms. The highest BCUT2D eigenvalue weighted by molar-refractivity contribution is 14.0. The molecule has 0 unspecified atom stereocenters. The maximum absolute atomic E-state index is 5.42. The molecule has 2 rings (SSSR count). The molecule has 0 aliphatic heterocycles. The van der Waals surface area contributed by atoms with Crippen LogP contribution in [0.4, 0.5) is 5.69 Å². The second-order valence-electron chi connectivity index (χ2n) is 5.68. The third kappa shape index (κ3) is 7.94. The summed E-state index contributed by atoms with van der Waals surface area (Å²) in [6, 6.07) is 16.0. The van der Waals surface area contributed by atoms with Crippen molar-refractivity contribution < 1.29 is 9.47 Å². The molecule has 2 aromatic carbocycles. The minimum absolute atomic E-state index is 0. The van der Waals surface area contributed by atoms with Crippen molar-refractivity contribution in [1.29, 1.82) is 0 Å². The number of ether oxygens (including phenoxy) is 2. The first-order valence-electron chi connectivity index (χ1n) is 8.71. The largest absolute Gasteiger partial charge is 0.497 e. The van der Waals surface area contributed by atoms with Crippen molar-refractivity contribution in [3.8, 4) is 11.5 Å². The zero-order valence-corrected chi connectivity index (χ0v) is 18.4. The van der Waals surface area contributed by atoms with E-state index in [0.717, 1.165) is 48.2 Å². The average molecular weight is 484 g/mol. The first-order chi connectivity index (χ1) is 12.8. The number of rotatable bonds is 9. The van der Waals surface area contributed by atoms with Gasteiger partial charge in [0.1, 0.15) is 11.5 Å². The van der Waals surface area contributed by atoms with E-state index >= 15 is 0 Å². The molecule has 0 heterocycles. The van der Waals surface area contributed by atoms with Gasteiger partial charge in [0, 0.05) is 44.0 Å². The first kappa shape index (κ1) is 22.9. The van der Waals surface area contributed by atoms with Gasteiger partial charge in [-0.3, -0.25) is 4.99 Å². The van der Waals surface area contributed by atoms with Crippen molar-refractivity contribution >= 4 is 35.6 Å². The van der Waals surface area contributed by atoms with Crippen molar-refractivity contribution in [3.63, 3.8) is 0 Å². The summed E-state index contributed by atoms with van der Waals surface area (Å²) in [6.07, 6.45) is 0.988. The van der Waals surface area contributed by atoms with Gasteiger partial charge in [-0.05, 0) is 30.7 Å². The monoisotopic (exact) mass is 484 g/mol. The van der Waals surface area contributed by atoms with Crippen LogP contribution in [0.15, 0.2) is 53.5 Å². The van der Waals surface area contributed by atoms with Crippen LogP contribution in [-0.4, -0.2) is 40.3 Å². The van der Waals surface area contributed by atoms with Gasteiger partial charge in [0.25, 0.3) is 0 Å². The van der Waals surface area contributed by atoms with Crippen LogP contribution in [0.2, 0.25) is 0 Å². The molecule has 0 saturated heterocycles. The van der Waals surface area contributed by atoms with E-state index in [9.17, 15) is 0 Å². The van der Waals surface area contributed by atoms with Crippen LogP contribution in [0.25, 0.3) is 0 Å². The summed E-state index contributed by atoms with van der Waals surface area (Å²) in [7, 11) is 5.07. The smallest absolute Gasteiger partial charge is 0.191 e. The van der Waals surface area contributed by atoms with Gasteiger partial charge in [-0.1, -0.05) is 18.2 Å². The Labute approximate surface area is 178 Å². The number of hydrogen-bond donors (Lipinski definition) is 3. The lowest BCUT2D eigenvalue weighted by atomic mass is 10.2. The number of nitrogens with zero attached hydrogens (tertiary/aromatic N) is 1. The van der Waals surface area contributed by atoms with Crippen molar-refractivity contribution in [2.45, 2.75) is 13.0 Å². The SMILES string of the molecule is CN=C(NCCCNc1ccccc1)NCc1ccc(OC)cc1OC.I. The summed E-state index contributed by atoms with van der Waals surface area (Å²) in [5.41, 5.74) is 2.18. The maximum atomic E-state index is 5.42. The summed E-state index contributed by atoms with van der Waals surface area (Å²) in [5.74, 6) is 2.33. The van der Waals surface area contributed by atoms with Crippen LogP contribution < -0.4 is 25.4 Å². The molecular weight excluding hydrogens is 455 g/mol. The van der Waals surface area contributed by atoms with Crippen molar-refractivity contribution in [2.24, 2.45) is 4.99 Å². The molecule has 27 heavy (non-hydrogen) atoms. The number of anilines is 1. The highest BCUT2D eigenvalue weighted by atomic mass is 127. The van der Waals surface area contributed by atoms with E-state index < -0.39 is 0 Å². The lowest BCUT2D eigenvalue weighted by Crippen LogP contribution is -2.37. The van der Waals surface area contributed by atoms with Crippen molar-refractivity contribution in [1.82, 2.24) is 10.6 Å². The van der Waals surface area contributed by atoms with E-state index in [4.69, 9.17) is 9.47 Å². The number of nitrogens with one attached hydrogen (secondary N) is 3. The average Bonchev–Trinajstić information content (AvgIpc) is 2.70. The number of guanidine groups is 1. The number of aliphatic imine (C=N–C) groups is 1. The molecule has 0 spiro atoms. The lowest BCUT2D eigenvalue weighted by Gasteiger charge is -2.14. The topological polar surface area (TPSA) is 66.9 Å². The molecular formula is C20H29IN4O2. The van der Waals surface area contributed by atoms with E-state index in [1.54, 1.807) is 21.3 Å². The molecule has 0 fully saturated rings. The van der Waals surface area contributed by atoms with Gasteiger partial charge in [0.2, 0.25) is 0 Å². The Hall–Kier alpha value is -2.16. The molecule has 0 aliphatic rings. The standard InChI is InChI=1S/C20H28N4O2.HI/c1-21-20(23-13-7-12-22-17-8-5-4-6-9-17)24-15-16-10-11-18(25-2)14-19(16)26-3;/h4-6,8-11,14,22H,7,12-13,15H2,1-3H3,(H2,21,23,24);1H. The fourth-order valence-corrected chi connectivity index (χ4v) is 2.48. The zero-order chi connectivity index (χ0) is 18.6. The Bertz CT molecular complexity index is 696. The number of hydrogen-bond acceptors (Lipinski definition) is 4. The van der Waals surface area contributed by atoms with Crippen LogP contribution in [0.3, 0.4) is 0 Å². The van der Waals surface area contributed by atoms with Gasteiger partial charge in [-0.25, -0.2) is 0 Å². The molecule has 0 amide bonds. The third-order valence-electron chi connectivity index (χ3n) is 3.91. The highest BCUT2D eigenvalue weighted by Crippen LogP contribution is 2.24. The van der Waals surface area contributed by atoms with Crippen molar-refractivity contribution in [2.75, 3.05) is 39.7 Å². The van der Waals surface area contributed by atoms with Gasteiger partial charge in [0.05, 0.1) is 14.2 Å². The van der Waals surface area contributed by atoms with Gasteiger partial charge >= 0.3 is 0 Å². The summed E-state index contributed by atoms with van der Waals surface area (Å²) in [4.78, 5) is 4.26. The maximum Gasteiger partial charge on any atom is 0.191 e. The van der Waals surface area contributed by atoms with Crippen LogP contribution in [0.1, 0.15) is 12.0 Å². The number of methoxy groups -OCH3 is 2. The van der Waals surface area contributed by atoms with E-state index in [1.165, 1.54) is 0 Å².